The second kappa shape index (κ2) is 8.55. The Labute approximate surface area is 156 Å². The molecule has 0 radical (unpaired) electrons. The minimum atomic E-state index is -4.51. The molecule has 4 nitrogen and oxygen atoms in total. The van der Waals surface area contributed by atoms with Crippen LogP contribution in [0.25, 0.3) is 0 Å². The van der Waals surface area contributed by atoms with E-state index in [1.807, 2.05) is 13.0 Å². The number of thiophene rings is 1. The van der Waals surface area contributed by atoms with Crippen LogP contribution >= 0.6 is 22.9 Å². The van der Waals surface area contributed by atoms with Gasteiger partial charge in [0.25, 0.3) is 0 Å². The first kappa shape index (κ1) is 20.3. The number of anilines is 1. The maximum atomic E-state index is 12.3. The van der Waals surface area contributed by atoms with Crippen LogP contribution < -0.4 is 10.1 Å². The maximum absolute atomic E-state index is 12.3. The van der Waals surface area contributed by atoms with Crippen LogP contribution in [0.15, 0.2) is 30.3 Å². The van der Waals surface area contributed by atoms with Crippen molar-refractivity contribution in [3.63, 3.8) is 0 Å². The Morgan fingerprint density at radius 1 is 1.19 bits per heavy atom. The molecule has 0 atom stereocenters. The molecule has 0 aliphatic carbocycles. The molecule has 0 saturated carbocycles. The fourth-order valence-corrected chi connectivity index (χ4v) is 3.04. The molecular weight excluding hydrogens is 391 g/mol. The van der Waals surface area contributed by atoms with Crippen LogP contribution in [0, 0.1) is 6.92 Å². The number of carbonyl (C=O) groups excluding carboxylic acids is 2. The van der Waals surface area contributed by atoms with Gasteiger partial charge in [0.05, 0.1) is 10.6 Å². The molecular formula is C17H15ClF3NO3S. The SMILES string of the molecule is Cc1ccc(C(=O)CCC(=O)Nc2cc(Cl)ccc2OCC(F)(F)F)s1. The van der Waals surface area contributed by atoms with Crippen LogP contribution in [-0.2, 0) is 4.79 Å². The number of Topliss-reactive ketones (excluding diaryl/α,β-unsaturated/α-hetero) is 1. The molecule has 0 fully saturated rings. The number of hydrogen-bond acceptors (Lipinski definition) is 4. The van der Waals surface area contributed by atoms with Crippen molar-refractivity contribution >= 4 is 40.3 Å². The van der Waals surface area contributed by atoms with Crippen LogP contribution in [0.3, 0.4) is 0 Å². The Morgan fingerprint density at radius 3 is 2.54 bits per heavy atom. The Balaban J connectivity index is 1.97. The van der Waals surface area contributed by atoms with Crippen molar-refractivity contribution < 1.29 is 27.5 Å². The van der Waals surface area contributed by atoms with E-state index in [-0.39, 0.29) is 35.1 Å². The third-order valence-electron chi connectivity index (χ3n) is 3.20. The van der Waals surface area contributed by atoms with E-state index in [1.54, 1.807) is 6.07 Å². The second-order valence-corrected chi connectivity index (χ2v) is 7.15. The lowest BCUT2D eigenvalue weighted by Crippen LogP contribution is -2.20. The molecule has 1 aromatic carbocycles. The predicted molar refractivity (Wildman–Crippen MR) is 94.3 cm³/mol. The highest BCUT2D eigenvalue weighted by atomic mass is 35.5. The van der Waals surface area contributed by atoms with Gasteiger partial charge in [0.2, 0.25) is 5.91 Å². The van der Waals surface area contributed by atoms with E-state index < -0.39 is 18.7 Å². The lowest BCUT2D eigenvalue weighted by Gasteiger charge is -2.14. The zero-order chi connectivity index (χ0) is 19.3. The number of halogens is 4. The summed E-state index contributed by atoms with van der Waals surface area (Å²) >= 11 is 7.16. The summed E-state index contributed by atoms with van der Waals surface area (Å²) in [5.41, 5.74) is 0.0196. The molecule has 0 aliphatic rings. The first-order valence-corrected chi connectivity index (χ1v) is 8.72. The molecule has 9 heteroatoms. The molecule has 140 valence electrons. The van der Waals surface area contributed by atoms with Gasteiger partial charge in [0.1, 0.15) is 5.75 Å². The van der Waals surface area contributed by atoms with Crippen molar-refractivity contribution in [2.24, 2.45) is 0 Å². The van der Waals surface area contributed by atoms with E-state index in [1.165, 1.54) is 29.5 Å². The van der Waals surface area contributed by atoms with Gasteiger partial charge < -0.3 is 10.1 Å². The summed E-state index contributed by atoms with van der Waals surface area (Å²) < 4.78 is 41.6. The third kappa shape index (κ3) is 6.34. The zero-order valence-corrected chi connectivity index (χ0v) is 15.2. The maximum Gasteiger partial charge on any atom is 0.422 e. The van der Waals surface area contributed by atoms with Crippen molar-refractivity contribution in [3.05, 3.63) is 45.1 Å². The number of benzene rings is 1. The number of ether oxygens (including phenoxy) is 1. The Hall–Kier alpha value is -2.06. The summed E-state index contributed by atoms with van der Waals surface area (Å²) in [6.07, 6.45) is -4.63. The summed E-state index contributed by atoms with van der Waals surface area (Å²) in [7, 11) is 0. The van der Waals surface area contributed by atoms with Crippen LogP contribution in [-0.4, -0.2) is 24.5 Å². The van der Waals surface area contributed by atoms with E-state index in [0.29, 0.717) is 4.88 Å². The first-order chi connectivity index (χ1) is 12.1. The van der Waals surface area contributed by atoms with Gasteiger partial charge in [-0.3, -0.25) is 9.59 Å². The minimum absolute atomic E-state index is 0.00884. The molecule has 1 heterocycles. The van der Waals surface area contributed by atoms with Crippen LogP contribution in [0.1, 0.15) is 27.4 Å². The average molecular weight is 406 g/mol. The molecule has 26 heavy (non-hydrogen) atoms. The van der Waals surface area contributed by atoms with E-state index in [0.717, 1.165) is 4.88 Å². The topological polar surface area (TPSA) is 55.4 Å². The van der Waals surface area contributed by atoms with Gasteiger partial charge in [-0.1, -0.05) is 11.6 Å². The van der Waals surface area contributed by atoms with Gasteiger partial charge in [-0.15, -0.1) is 11.3 Å². The standard InChI is InChI=1S/C17H15ClF3NO3S/c1-10-2-6-15(26-10)13(23)4-7-16(24)22-12-8-11(18)3-5-14(12)25-9-17(19,20)21/h2-3,5-6,8H,4,7,9H2,1H3,(H,22,24). The van der Waals surface area contributed by atoms with Gasteiger partial charge in [-0.05, 0) is 37.3 Å². The largest absolute Gasteiger partial charge is 0.482 e. The molecule has 2 rings (SSSR count). The van der Waals surface area contributed by atoms with Gasteiger partial charge >= 0.3 is 6.18 Å². The van der Waals surface area contributed by atoms with Gasteiger partial charge in [-0.25, -0.2) is 0 Å². The van der Waals surface area contributed by atoms with Crippen molar-refractivity contribution in [3.8, 4) is 5.75 Å². The highest BCUT2D eigenvalue weighted by Crippen LogP contribution is 2.30. The minimum Gasteiger partial charge on any atom is -0.482 e. The molecule has 0 bridgehead atoms. The van der Waals surface area contributed by atoms with Crippen LogP contribution in [0.5, 0.6) is 5.75 Å². The number of carbonyl (C=O) groups is 2. The summed E-state index contributed by atoms with van der Waals surface area (Å²) in [6.45, 7) is 0.378. The number of hydrogen-bond donors (Lipinski definition) is 1. The molecule has 0 aliphatic heterocycles. The molecule has 0 spiro atoms. The lowest BCUT2D eigenvalue weighted by atomic mass is 10.2. The molecule has 1 N–H and O–H groups in total. The second-order valence-electron chi connectivity index (χ2n) is 5.43. The summed E-state index contributed by atoms with van der Waals surface area (Å²) in [5, 5.41) is 2.66. The van der Waals surface area contributed by atoms with E-state index in [9.17, 15) is 22.8 Å². The number of ketones is 1. The van der Waals surface area contributed by atoms with Crippen molar-refractivity contribution in [1.29, 1.82) is 0 Å². The van der Waals surface area contributed by atoms with Crippen molar-refractivity contribution in [2.75, 3.05) is 11.9 Å². The molecule has 1 amide bonds. The smallest absolute Gasteiger partial charge is 0.422 e. The molecule has 0 unspecified atom stereocenters. The summed E-state index contributed by atoms with van der Waals surface area (Å²) in [6, 6.07) is 7.39. The Kier molecular flexibility index (Phi) is 6.66. The monoisotopic (exact) mass is 405 g/mol. The van der Waals surface area contributed by atoms with Gasteiger partial charge in [-0.2, -0.15) is 13.2 Å². The number of alkyl halides is 3. The predicted octanol–water partition coefficient (Wildman–Crippen LogP) is 5.25. The number of rotatable bonds is 7. The Bertz CT molecular complexity index is 805. The van der Waals surface area contributed by atoms with Crippen LogP contribution in [0.2, 0.25) is 5.02 Å². The van der Waals surface area contributed by atoms with E-state index in [4.69, 9.17) is 16.3 Å². The normalized spacial score (nSPS) is 11.3. The number of nitrogens with one attached hydrogen (secondary N) is 1. The molecule has 1 aromatic heterocycles. The zero-order valence-electron chi connectivity index (χ0n) is 13.7. The lowest BCUT2D eigenvalue weighted by molar-refractivity contribution is -0.153. The fraction of sp³-hybridized carbons (Fsp3) is 0.294. The number of amides is 1. The molecule has 0 saturated heterocycles. The first-order valence-electron chi connectivity index (χ1n) is 7.52. The molecule has 2 aromatic rings. The van der Waals surface area contributed by atoms with Crippen molar-refractivity contribution in [1.82, 2.24) is 0 Å². The van der Waals surface area contributed by atoms with Crippen LogP contribution in [0.4, 0.5) is 18.9 Å². The Morgan fingerprint density at radius 2 is 1.92 bits per heavy atom. The summed E-state index contributed by atoms with van der Waals surface area (Å²) in [4.78, 5) is 25.6. The van der Waals surface area contributed by atoms with E-state index >= 15 is 0 Å². The van der Waals surface area contributed by atoms with Gasteiger partial charge in [0, 0.05) is 22.7 Å². The number of aryl methyl sites for hydroxylation is 1. The fourth-order valence-electron chi connectivity index (χ4n) is 2.03. The highest BCUT2D eigenvalue weighted by Gasteiger charge is 2.29. The quantitative estimate of drug-likeness (QED) is 0.640. The highest BCUT2D eigenvalue weighted by molar-refractivity contribution is 7.14. The van der Waals surface area contributed by atoms with Gasteiger partial charge in [0.15, 0.2) is 12.4 Å². The third-order valence-corrected chi connectivity index (χ3v) is 4.48. The average Bonchev–Trinajstić information content (AvgIpc) is 2.97. The summed E-state index contributed by atoms with van der Waals surface area (Å²) in [5.74, 6) is -0.844. The van der Waals surface area contributed by atoms with Crippen molar-refractivity contribution in [2.45, 2.75) is 25.9 Å². The van der Waals surface area contributed by atoms with E-state index in [2.05, 4.69) is 5.32 Å².